The van der Waals surface area contributed by atoms with Crippen LogP contribution >= 0.6 is 0 Å². The molecule has 1 nitrogen and oxygen atoms in total. The van der Waals surface area contributed by atoms with E-state index >= 15 is 0 Å². The quantitative estimate of drug-likeness (QED) is 0.597. The van der Waals surface area contributed by atoms with Crippen molar-refractivity contribution in [1.82, 2.24) is 0 Å². The van der Waals surface area contributed by atoms with Crippen molar-refractivity contribution in [2.45, 2.75) is 52.7 Å². The van der Waals surface area contributed by atoms with Gasteiger partial charge in [-0.2, -0.15) is 0 Å². The lowest BCUT2D eigenvalue weighted by Gasteiger charge is -2.15. The van der Waals surface area contributed by atoms with Crippen LogP contribution in [-0.2, 0) is 4.74 Å². The average Bonchev–Trinajstić information content (AvgIpc) is 2.31. The van der Waals surface area contributed by atoms with Gasteiger partial charge in [-0.25, -0.2) is 0 Å². The van der Waals surface area contributed by atoms with Gasteiger partial charge >= 0.3 is 0 Å². The van der Waals surface area contributed by atoms with Gasteiger partial charge in [0, 0.05) is 0 Å². The minimum Gasteiger partial charge on any atom is -0.374 e. The van der Waals surface area contributed by atoms with Crippen LogP contribution < -0.4 is 0 Å². The monoisotopic (exact) mass is 156 g/mol. The summed E-state index contributed by atoms with van der Waals surface area (Å²) in [6.07, 6.45) is 3.48. The minimum atomic E-state index is 0.523. The molecule has 0 aromatic carbocycles. The highest BCUT2D eigenvalue weighted by Crippen LogP contribution is 2.31. The van der Waals surface area contributed by atoms with Gasteiger partial charge in [-0.15, -0.1) is 0 Å². The van der Waals surface area contributed by atoms with E-state index in [1.807, 2.05) is 0 Å². The standard InChI is InChI=1S/C10H20O/c1-5-9-8(4)6-10(11-9)7(2)3/h7-10H,5-6H2,1-4H3/t8-,9+,10?/m0/s1. The van der Waals surface area contributed by atoms with Crippen molar-refractivity contribution < 1.29 is 4.74 Å². The van der Waals surface area contributed by atoms with Gasteiger partial charge in [-0.05, 0) is 24.7 Å². The second-order valence-electron chi connectivity index (χ2n) is 4.08. The summed E-state index contributed by atoms with van der Waals surface area (Å²) in [4.78, 5) is 0. The van der Waals surface area contributed by atoms with Crippen molar-refractivity contribution in [3.63, 3.8) is 0 Å². The Hall–Kier alpha value is -0.0400. The van der Waals surface area contributed by atoms with Crippen LogP contribution in [0.15, 0.2) is 0 Å². The normalized spacial score (nSPS) is 38.5. The Balaban J connectivity index is 2.43. The number of hydrogen-bond acceptors (Lipinski definition) is 1. The molecule has 0 radical (unpaired) electrons. The van der Waals surface area contributed by atoms with E-state index in [9.17, 15) is 0 Å². The summed E-state index contributed by atoms with van der Waals surface area (Å²) in [5.41, 5.74) is 0. The second-order valence-corrected chi connectivity index (χ2v) is 4.08. The van der Waals surface area contributed by atoms with Crippen molar-refractivity contribution in [2.75, 3.05) is 0 Å². The summed E-state index contributed by atoms with van der Waals surface area (Å²) < 4.78 is 5.88. The van der Waals surface area contributed by atoms with E-state index < -0.39 is 0 Å². The Kier molecular flexibility index (Phi) is 2.94. The van der Waals surface area contributed by atoms with Crippen LogP contribution in [-0.4, -0.2) is 12.2 Å². The Morgan fingerprint density at radius 3 is 2.36 bits per heavy atom. The molecule has 66 valence electrons. The summed E-state index contributed by atoms with van der Waals surface area (Å²) >= 11 is 0. The first kappa shape index (κ1) is 9.05. The molecular weight excluding hydrogens is 136 g/mol. The first-order valence-corrected chi connectivity index (χ1v) is 4.80. The molecule has 1 aliphatic rings. The van der Waals surface area contributed by atoms with Crippen molar-refractivity contribution in [3.8, 4) is 0 Å². The third kappa shape index (κ3) is 1.96. The maximum atomic E-state index is 5.88. The fraction of sp³-hybridized carbons (Fsp3) is 1.00. The summed E-state index contributed by atoms with van der Waals surface area (Å²) in [7, 11) is 0. The minimum absolute atomic E-state index is 0.523. The van der Waals surface area contributed by atoms with Crippen molar-refractivity contribution >= 4 is 0 Å². The van der Waals surface area contributed by atoms with Gasteiger partial charge in [-0.3, -0.25) is 0 Å². The van der Waals surface area contributed by atoms with Crippen LogP contribution in [0.4, 0.5) is 0 Å². The largest absolute Gasteiger partial charge is 0.374 e. The lowest BCUT2D eigenvalue weighted by atomic mass is 9.96. The van der Waals surface area contributed by atoms with Crippen molar-refractivity contribution in [2.24, 2.45) is 11.8 Å². The molecule has 0 amide bonds. The number of hydrogen-bond donors (Lipinski definition) is 0. The highest BCUT2D eigenvalue weighted by Gasteiger charge is 2.32. The van der Waals surface area contributed by atoms with E-state index in [0.29, 0.717) is 18.1 Å². The Labute approximate surface area is 70.1 Å². The molecule has 0 aromatic rings. The predicted molar refractivity (Wildman–Crippen MR) is 47.6 cm³/mol. The fourth-order valence-electron chi connectivity index (χ4n) is 1.86. The molecule has 1 heterocycles. The molecule has 1 saturated heterocycles. The summed E-state index contributed by atoms with van der Waals surface area (Å²) in [5.74, 6) is 1.46. The van der Waals surface area contributed by atoms with Crippen molar-refractivity contribution in [3.05, 3.63) is 0 Å². The zero-order valence-corrected chi connectivity index (χ0v) is 8.13. The Morgan fingerprint density at radius 1 is 1.45 bits per heavy atom. The molecule has 1 heteroatoms. The van der Waals surface area contributed by atoms with Crippen LogP contribution in [0.25, 0.3) is 0 Å². The van der Waals surface area contributed by atoms with Crippen LogP contribution in [0.5, 0.6) is 0 Å². The molecule has 0 N–H and O–H groups in total. The molecule has 0 saturated carbocycles. The van der Waals surface area contributed by atoms with Crippen LogP contribution in [0.2, 0.25) is 0 Å². The molecule has 0 spiro atoms. The van der Waals surface area contributed by atoms with Gasteiger partial charge in [0.2, 0.25) is 0 Å². The zero-order valence-electron chi connectivity index (χ0n) is 8.13. The maximum absolute atomic E-state index is 5.88. The van der Waals surface area contributed by atoms with Crippen molar-refractivity contribution in [1.29, 1.82) is 0 Å². The molecule has 1 fully saturated rings. The Morgan fingerprint density at radius 2 is 2.09 bits per heavy atom. The maximum Gasteiger partial charge on any atom is 0.0605 e. The van der Waals surface area contributed by atoms with E-state index in [2.05, 4.69) is 27.7 Å². The molecule has 3 atom stereocenters. The van der Waals surface area contributed by atoms with Gasteiger partial charge in [0.05, 0.1) is 12.2 Å². The predicted octanol–water partition coefficient (Wildman–Crippen LogP) is 2.85. The molecular formula is C10H20O. The third-order valence-electron chi connectivity index (χ3n) is 2.73. The molecule has 1 aliphatic heterocycles. The highest BCUT2D eigenvalue weighted by atomic mass is 16.5. The van der Waals surface area contributed by atoms with E-state index in [0.717, 1.165) is 5.92 Å². The van der Waals surface area contributed by atoms with E-state index in [1.54, 1.807) is 0 Å². The molecule has 1 rings (SSSR count). The van der Waals surface area contributed by atoms with Crippen LogP contribution in [0, 0.1) is 11.8 Å². The smallest absolute Gasteiger partial charge is 0.0605 e. The number of rotatable bonds is 2. The van der Waals surface area contributed by atoms with Gasteiger partial charge in [-0.1, -0.05) is 27.7 Å². The number of ether oxygens (including phenoxy) is 1. The zero-order chi connectivity index (χ0) is 8.43. The third-order valence-corrected chi connectivity index (χ3v) is 2.73. The Bertz CT molecular complexity index is 120. The highest BCUT2D eigenvalue weighted by molar-refractivity contribution is 4.80. The summed E-state index contributed by atoms with van der Waals surface area (Å²) in [5, 5.41) is 0. The lowest BCUT2D eigenvalue weighted by molar-refractivity contribution is 0.0114. The molecule has 0 bridgehead atoms. The molecule has 1 unspecified atom stereocenters. The van der Waals surface area contributed by atoms with Crippen LogP contribution in [0.1, 0.15) is 40.5 Å². The van der Waals surface area contributed by atoms with Gasteiger partial charge in [0.15, 0.2) is 0 Å². The SMILES string of the molecule is CC[C@H]1OC(C(C)C)C[C@@H]1C. The van der Waals surface area contributed by atoms with E-state index in [1.165, 1.54) is 12.8 Å². The first-order chi connectivity index (χ1) is 5.15. The fourth-order valence-corrected chi connectivity index (χ4v) is 1.86. The second kappa shape index (κ2) is 3.57. The molecule has 0 aliphatic carbocycles. The average molecular weight is 156 g/mol. The van der Waals surface area contributed by atoms with E-state index in [-0.39, 0.29) is 0 Å². The van der Waals surface area contributed by atoms with Crippen LogP contribution in [0.3, 0.4) is 0 Å². The summed E-state index contributed by atoms with van der Waals surface area (Å²) in [6, 6.07) is 0. The lowest BCUT2D eigenvalue weighted by Crippen LogP contribution is -2.16. The van der Waals surface area contributed by atoms with Gasteiger partial charge < -0.3 is 4.74 Å². The summed E-state index contributed by atoms with van der Waals surface area (Å²) in [6.45, 7) is 9.01. The topological polar surface area (TPSA) is 9.23 Å². The molecule has 11 heavy (non-hydrogen) atoms. The van der Waals surface area contributed by atoms with Gasteiger partial charge in [0.25, 0.3) is 0 Å². The first-order valence-electron chi connectivity index (χ1n) is 4.80. The molecule has 0 aromatic heterocycles. The van der Waals surface area contributed by atoms with E-state index in [4.69, 9.17) is 4.74 Å². The van der Waals surface area contributed by atoms with Gasteiger partial charge in [0.1, 0.15) is 0 Å².